The van der Waals surface area contributed by atoms with Gasteiger partial charge in [0.15, 0.2) is 0 Å². The smallest absolute Gasteiger partial charge is 0.266 e. The van der Waals surface area contributed by atoms with Crippen LogP contribution in [0.5, 0.6) is 0 Å². The summed E-state index contributed by atoms with van der Waals surface area (Å²) in [5, 5.41) is 0.931. The molecule has 0 atom stereocenters. The average molecular weight is 365 g/mol. The first-order valence-corrected chi connectivity index (χ1v) is 8.47. The van der Waals surface area contributed by atoms with Crippen molar-refractivity contribution in [2.24, 2.45) is 0 Å². The van der Waals surface area contributed by atoms with Gasteiger partial charge in [-0.25, -0.2) is 9.37 Å². The number of aromatic nitrogens is 2. The molecule has 0 aliphatic carbocycles. The van der Waals surface area contributed by atoms with Gasteiger partial charge in [-0.15, -0.1) is 0 Å². The Balaban J connectivity index is 2.14. The minimum absolute atomic E-state index is 0.270. The van der Waals surface area contributed by atoms with E-state index < -0.39 is 0 Å². The van der Waals surface area contributed by atoms with Crippen molar-refractivity contribution in [3.05, 3.63) is 93.5 Å². The number of para-hydroxylation sites is 1. The number of halogens is 2. The number of benzene rings is 3. The molecule has 0 saturated carbocycles. The maximum atomic E-state index is 14.2. The molecule has 4 aromatic rings. The van der Waals surface area contributed by atoms with Crippen molar-refractivity contribution in [3.63, 3.8) is 0 Å². The van der Waals surface area contributed by atoms with Gasteiger partial charge in [0, 0.05) is 5.56 Å². The van der Waals surface area contributed by atoms with Crippen molar-refractivity contribution in [2.45, 2.75) is 6.92 Å². The van der Waals surface area contributed by atoms with Gasteiger partial charge in [0.1, 0.15) is 11.6 Å². The van der Waals surface area contributed by atoms with Gasteiger partial charge < -0.3 is 0 Å². The van der Waals surface area contributed by atoms with Crippen LogP contribution in [0.4, 0.5) is 4.39 Å². The normalized spacial score (nSPS) is 11.0. The minimum Gasteiger partial charge on any atom is -0.268 e. The van der Waals surface area contributed by atoms with Gasteiger partial charge in [-0.1, -0.05) is 41.9 Å². The Morgan fingerprint density at radius 1 is 1.00 bits per heavy atom. The molecule has 0 amide bonds. The van der Waals surface area contributed by atoms with Gasteiger partial charge in [0.25, 0.3) is 5.56 Å². The van der Waals surface area contributed by atoms with Crippen LogP contribution in [-0.2, 0) is 0 Å². The van der Waals surface area contributed by atoms with E-state index in [-0.39, 0.29) is 11.4 Å². The summed E-state index contributed by atoms with van der Waals surface area (Å²) in [6.45, 7) is 1.68. The summed E-state index contributed by atoms with van der Waals surface area (Å²) >= 11 is 6.35. The summed E-state index contributed by atoms with van der Waals surface area (Å²) < 4.78 is 15.6. The molecule has 1 aromatic heterocycles. The quantitative estimate of drug-likeness (QED) is 0.493. The van der Waals surface area contributed by atoms with E-state index in [4.69, 9.17) is 11.6 Å². The molecule has 5 heteroatoms. The molecule has 0 radical (unpaired) electrons. The molecule has 4 rings (SSSR count). The van der Waals surface area contributed by atoms with Gasteiger partial charge in [0.2, 0.25) is 0 Å². The van der Waals surface area contributed by atoms with E-state index in [2.05, 4.69) is 4.98 Å². The second kappa shape index (κ2) is 6.39. The monoisotopic (exact) mass is 364 g/mol. The van der Waals surface area contributed by atoms with Crippen molar-refractivity contribution in [2.75, 3.05) is 0 Å². The Hall–Kier alpha value is -2.98. The number of nitrogens with zero attached hydrogens (tertiary/aromatic N) is 2. The first-order valence-electron chi connectivity index (χ1n) is 8.09. The van der Waals surface area contributed by atoms with Gasteiger partial charge in [-0.05, 0) is 48.9 Å². The summed E-state index contributed by atoms with van der Waals surface area (Å²) in [5.74, 6) is -0.00443. The van der Waals surface area contributed by atoms with Crippen LogP contribution in [0.3, 0.4) is 0 Å². The van der Waals surface area contributed by atoms with E-state index in [0.29, 0.717) is 38.6 Å². The number of rotatable bonds is 2. The fraction of sp³-hybridized carbons (Fsp3) is 0.0476. The van der Waals surface area contributed by atoms with E-state index in [1.54, 1.807) is 55.5 Å². The van der Waals surface area contributed by atoms with Crippen LogP contribution in [0.1, 0.15) is 5.56 Å². The van der Waals surface area contributed by atoms with Crippen LogP contribution in [-0.4, -0.2) is 9.55 Å². The van der Waals surface area contributed by atoms with Gasteiger partial charge in [-0.2, -0.15) is 0 Å². The molecule has 0 aliphatic rings. The highest BCUT2D eigenvalue weighted by atomic mass is 35.5. The largest absolute Gasteiger partial charge is 0.268 e. The van der Waals surface area contributed by atoms with E-state index in [9.17, 15) is 9.18 Å². The van der Waals surface area contributed by atoms with Crippen LogP contribution in [0, 0.1) is 12.7 Å². The summed E-state index contributed by atoms with van der Waals surface area (Å²) in [6.07, 6.45) is 0. The summed E-state index contributed by atoms with van der Waals surface area (Å²) in [6, 6.07) is 18.9. The van der Waals surface area contributed by atoms with Crippen LogP contribution in [0.2, 0.25) is 5.02 Å². The number of hydrogen-bond acceptors (Lipinski definition) is 2. The van der Waals surface area contributed by atoms with Crippen LogP contribution >= 0.6 is 11.6 Å². The topological polar surface area (TPSA) is 34.9 Å². The van der Waals surface area contributed by atoms with Gasteiger partial charge >= 0.3 is 0 Å². The summed E-state index contributed by atoms with van der Waals surface area (Å²) in [4.78, 5) is 17.8. The van der Waals surface area contributed by atoms with E-state index >= 15 is 0 Å². The third kappa shape index (κ3) is 2.68. The lowest BCUT2D eigenvalue weighted by Crippen LogP contribution is -2.22. The Kier molecular flexibility index (Phi) is 4.05. The first-order chi connectivity index (χ1) is 12.6. The second-order valence-corrected chi connectivity index (χ2v) is 6.41. The number of fused-ring (bicyclic) bond motifs is 1. The lowest BCUT2D eigenvalue weighted by Gasteiger charge is -2.15. The van der Waals surface area contributed by atoms with Crippen molar-refractivity contribution < 1.29 is 4.39 Å². The molecular weight excluding hydrogens is 351 g/mol. The Bertz CT molecular complexity index is 1200. The molecule has 0 spiro atoms. The lowest BCUT2D eigenvalue weighted by atomic mass is 10.1. The highest BCUT2D eigenvalue weighted by molar-refractivity contribution is 6.33. The highest BCUT2D eigenvalue weighted by Crippen LogP contribution is 2.28. The summed E-state index contributed by atoms with van der Waals surface area (Å²) in [5.41, 5.74) is 1.82. The molecule has 0 fully saturated rings. The molecule has 0 bridgehead atoms. The van der Waals surface area contributed by atoms with Crippen LogP contribution in [0.15, 0.2) is 71.5 Å². The standard InChI is InChI=1S/C21H14ClFN2O/c1-13-10-11-14(12-18(13)23)25-20(15-6-2-4-8-17(15)22)24-19-9-5-3-7-16(19)21(25)26/h2-12H,1H3. The lowest BCUT2D eigenvalue weighted by molar-refractivity contribution is 0.617. The average Bonchev–Trinajstić information content (AvgIpc) is 2.65. The molecule has 0 saturated heterocycles. The predicted octanol–water partition coefficient (Wildman–Crippen LogP) is 5.15. The Morgan fingerprint density at radius 3 is 2.50 bits per heavy atom. The fourth-order valence-corrected chi connectivity index (χ4v) is 3.14. The van der Waals surface area contributed by atoms with Gasteiger partial charge in [0.05, 0.1) is 21.6 Å². The molecule has 3 nitrogen and oxygen atoms in total. The van der Waals surface area contributed by atoms with Gasteiger partial charge in [-0.3, -0.25) is 9.36 Å². The SMILES string of the molecule is Cc1ccc(-n2c(-c3ccccc3Cl)nc3ccccc3c2=O)cc1F. The zero-order valence-electron chi connectivity index (χ0n) is 13.9. The molecular formula is C21H14ClFN2O. The number of aryl methyl sites for hydroxylation is 1. The maximum Gasteiger partial charge on any atom is 0.266 e. The number of hydrogen-bond donors (Lipinski definition) is 0. The van der Waals surface area contributed by atoms with E-state index in [1.807, 2.05) is 12.1 Å². The third-order valence-electron chi connectivity index (χ3n) is 4.30. The van der Waals surface area contributed by atoms with Crippen molar-refractivity contribution in [3.8, 4) is 17.1 Å². The Labute approximate surface area is 154 Å². The zero-order valence-corrected chi connectivity index (χ0v) is 14.7. The maximum absolute atomic E-state index is 14.2. The van der Waals surface area contributed by atoms with Crippen LogP contribution < -0.4 is 5.56 Å². The molecule has 3 aromatic carbocycles. The molecule has 0 N–H and O–H groups in total. The third-order valence-corrected chi connectivity index (χ3v) is 4.63. The van der Waals surface area contributed by atoms with Crippen molar-refractivity contribution >= 4 is 22.5 Å². The van der Waals surface area contributed by atoms with Crippen LogP contribution in [0.25, 0.3) is 28.0 Å². The predicted molar refractivity (Wildman–Crippen MR) is 102 cm³/mol. The molecule has 0 unspecified atom stereocenters. The highest BCUT2D eigenvalue weighted by Gasteiger charge is 2.17. The molecule has 0 aliphatic heterocycles. The minimum atomic E-state index is -0.382. The Morgan fingerprint density at radius 2 is 1.73 bits per heavy atom. The second-order valence-electron chi connectivity index (χ2n) is 6.01. The molecule has 26 heavy (non-hydrogen) atoms. The van der Waals surface area contributed by atoms with Crippen molar-refractivity contribution in [1.82, 2.24) is 9.55 Å². The first kappa shape index (κ1) is 16.5. The molecule has 1 heterocycles. The van der Waals surface area contributed by atoms with E-state index in [0.717, 1.165) is 0 Å². The van der Waals surface area contributed by atoms with E-state index in [1.165, 1.54) is 10.6 Å². The molecule has 128 valence electrons. The fourth-order valence-electron chi connectivity index (χ4n) is 2.92. The zero-order chi connectivity index (χ0) is 18.3. The summed E-state index contributed by atoms with van der Waals surface area (Å²) in [7, 11) is 0. The van der Waals surface area contributed by atoms with Crippen molar-refractivity contribution in [1.29, 1.82) is 0 Å².